The van der Waals surface area contributed by atoms with Gasteiger partial charge in [0.1, 0.15) is 5.82 Å². The summed E-state index contributed by atoms with van der Waals surface area (Å²) in [6, 6.07) is 10.1. The van der Waals surface area contributed by atoms with Crippen molar-refractivity contribution < 1.29 is 4.79 Å². The van der Waals surface area contributed by atoms with Crippen molar-refractivity contribution in [2.45, 2.75) is 46.0 Å². The highest BCUT2D eigenvalue weighted by Crippen LogP contribution is 2.15. The highest BCUT2D eigenvalue weighted by atomic mass is 16.2. The highest BCUT2D eigenvalue weighted by molar-refractivity contribution is 5.76. The molecule has 128 valence electrons. The molecule has 0 spiro atoms. The molecule has 0 aliphatic carbocycles. The van der Waals surface area contributed by atoms with Gasteiger partial charge in [-0.2, -0.15) is 5.10 Å². The normalized spacial score (nSPS) is 15.3. The maximum absolute atomic E-state index is 12.0. The van der Waals surface area contributed by atoms with E-state index in [1.54, 1.807) is 0 Å². The van der Waals surface area contributed by atoms with Crippen LogP contribution in [0.4, 0.5) is 0 Å². The van der Waals surface area contributed by atoms with Gasteiger partial charge in [-0.05, 0) is 30.9 Å². The number of aromatic nitrogens is 3. The largest absolute Gasteiger partial charge is 0.342 e. The molecule has 1 amide bonds. The van der Waals surface area contributed by atoms with E-state index in [9.17, 15) is 4.79 Å². The van der Waals surface area contributed by atoms with Gasteiger partial charge >= 0.3 is 0 Å². The summed E-state index contributed by atoms with van der Waals surface area (Å²) in [6.45, 7) is 5.95. The molecule has 2 aromatic rings. The second-order valence-corrected chi connectivity index (χ2v) is 6.88. The van der Waals surface area contributed by atoms with Crippen molar-refractivity contribution in [2.75, 3.05) is 13.1 Å². The molecule has 1 aromatic heterocycles. The van der Waals surface area contributed by atoms with E-state index in [1.165, 1.54) is 0 Å². The van der Waals surface area contributed by atoms with Gasteiger partial charge in [0.15, 0.2) is 5.82 Å². The van der Waals surface area contributed by atoms with Gasteiger partial charge < -0.3 is 4.90 Å². The molecule has 0 bridgehead atoms. The van der Waals surface area contributed by atoms with Crippen molar-refractivity contribution in [1.29, 1.82) is 0 Å². The third-order valence-corrected chi connectivity index (χ3v) is 4.34. The first-order chi connectivity index (χ1) is 11.6. The smallest absolute Gasteiger partial charge is 0.222 e. The van der Waals surface area contributed by atoms with Crippen LogP contribution < -0.4 is 0 Å². The van der Waals surface area contributed by atoms with Gasteiger partial charge in [-0.25, -0.2) is 9.67 Å². The summed E-state index contributed by atoms with van der Waals surface area (Å²) in [4.78, 5) is 18.7. The van der Waals surface area contributed by atoms with Crippen LogP contribution in [0.15, 0.2) is 30.3 Å². The molecule has 5 heteroatoms. The molecule has 1 fully saturated rings. The molecule has 0 unspecified atom stereocenters. The number of nitrogens with zero attached hydrogens (tertiary/aromatic N) is 4. The number of likely N-dealkylation sites (tertiary alicyclic amines) is 1. The molecule has 5 nitrogen and oxygen atoms in total. The molecular formula is C19H26N4O. The van der Waals surface area contributed by atoms with E-state index < -0.39 is 0 Å². The lowest BCUT2D eigenvalue weighted by Gasteiger charge is -2.26. The minimum Gasteiger partial charge on any atom is -0.342 e. The number of para-hydroxylation sites is 1. The number of amides is 1. The lowest BCUT2D eigenvalue weighted by atomic mass is 10.1. The zero-order valence-electron chi connectivity index (χ0n) is 14.6. The van der Waals surface area contributed by atoms with Crippen molar-refractivity contribution in [3.63, 3.8) is 0 Å². The molecule has 1 aliphatic rings. The van der Waals surface area contributed by atoms with Crippen LogP contribution in [0.3, 0.4) is 0 Å². The van der Waals surface area contributed by atoms with Crippen molar-refractivity contribution in [2.24, 2.45) is 5.92 Å². The van der Waals surface area contributed by atoms with Crippen LogP contribution in [0.1, 0.15) is 44.8 Å². The molecule has 1 aromatic carbocycles. The Kier molecular flexibility index (Phi) is 5.28. The number of rotatable bonds is 6. The highest BCUT2D eigenvalue weighted by Gasteiger charge is 2.19. The Hall–Kier alpha value is -2.17. The lowest BCUT2D eigenvalue weighted by Crippen LogP contribution is -2.37. The zero-order valence-corrected chi connectivity index (χ0v) is 14.6. The number of hydrogen-bond donors (Lipinski definition) is 0. The van der Waals surface area contributed by atoms with Crippen LogP contribution in [-0.4, -0.2) is 38.7 Å². The molecular weight excluding hydrogens is 300 g/mol. The minimum atomic E-state index is 0.273. The first-order valence-electron chi connectivity index (χ1n) is 8.91. The third kappa shape index (κ3) is 4.02. The Morgan fingerprint density at radius 2 is 1.96 bits per heavy atom. The van der Waals surface area contributed by atoms with Crippen molar-refractivity contribution in [3.05, 3.63) is 42.0 Å². The fourth-order valence-corrected chi connectivity index (χ4v) is 3.11. The van der Waals surface area contributed by atoms with E-state index in [0.717, 1.165) is 56.1 Å². The molecule has 1 aliphatic heterocycles. The summed E-state index contributed by atoms with van der Waals surface area (Å²) in [6.07, 6.45) is 4.43. The summed E-state index contributed by atoms with van der Waals surface area (Å²) < 4.78 is 1.94. The summed E-state index contributed by atoms with van der Waals surface area (Å²) in [5.74, 6) is 2.62. The van der Waals surface area contributed by atoms with Gasteiger partial charge in [-0.1, -0.05) is 32.0 Å². The van der Waals surface area contributed by atoms with Gasteiger partial charge in [-0.3, -0.25) is 4.79 Å². The molecule has 3 rings (SSSR count). The number of carbonyl (C=O) groups is 1. The molecule has 0 saturated carbocycles. The van der Waals surface area contributed by atoms with E-state index >= 15 is 0 Å². The molecule has 0 atom stereocenters. The van der Waals surface area contributed by atoms with Gasteiger partial charge in [0.2, 0.25) is 5.91 Å². The second-order valence-electron chi connectivity index (χ2n) is 6.88. The summed E-state index contributed by atoms with van der Waals surface area (Å²) >= 11 is 0. The van der Waals surface area contributed by atoms with Crippen molar-refractivity contribution in [3.8, 4) is 5.69 Å². The number of hydrogen-bond acceptors (Lipinski definition) is 3. The molecule has 2 heterocycles. The van der Waals surface area contributed by atoms with Crippen LogP contribution >= 0.6 is 0 Å². The third-order valence-electron chi connectivity index (χ3n) is 4.34. The molecule has 1 saturated heterocycles. The number of carbonyl (C=O) groups excluding carboxylic acids is 1. The quantitative estimate of drug-likeness (QED) is 0.820. The van der Waals surface area contributed by atoms with Gasteiger partial charge in [-0.15, -0.1) is 0 Å². The topological polar surface area (TPSA) is 51.0 Å². The number of piperidine rings is 1. The molecule has 24 heavy (non-hydrogen) atoms. The van der Waals surface area contributed by atoms with E-state index in [-0.39, 0.29) is 5.91 Å². The van der Waals surface area contributed by atoms with Crippen LogP contribution in [0, 0.1) is 5.92 Å². The summed E-state index contributed by atoms with van der Waals surface area (Å²) in [7, 11) is 0. The van der Waals surface area contributed by atoms with Crippen LogP contribution in [0.2, 0.25) is 0 Å². The van der Waals surface area contributed by atoms with E-state index in [0.29, 0.717) is 12.3 Å². The fraction of sp³-hybridized carbons (Fsp3) is 0.526. The average molecular weight is 326 g/mol. The van der Waals surface area contributed by atoms with Crippen molar-refractivity contribution in [1.82, 2.24) is 19.7 Å². The maximum atomic E-state index is 12.0. The van der Waals surface area contributed by atoms with E-state index in [4.69, 9.17) is 10.1 Å². The Balaban J connectivity index is 1.79. The van der Waals surface area contributed by atoms with E-state index in [1.807, 2.05) is 39.9 Å². The first kappa shape index (κ1) is 16.7. The second kappa shape index (κ2) is 7.60. The first-order valence-corrected chi connectivity index (χ1v) is 8.91. The Bertz CT molecular complexity index is 678. The standard InChI is InChI=1S/C19H26N4O/c1-15(2)14-17-20-18(11-13-22-12-7-6-10-19(22)24)23(21-17)16-8-4-3-5-9-16/h3-5,8-9,15H,6-7,10-14H2,1-2H3. The Labute approximate surface area is 143 Å². The minimum absolute atomic E-state index is 0.273. The SMILES string of the molecule is CC(C)Cc1nc(CCN2CCCCC2=O)n(-c2ccccc2)n1. The fourth-order valence-electron chi connectivity index (χ4n) is 3.11. The maximum Gasteiger partial charge on any atom is 0.222 e. The predicted octanol–water partition coefficient (Wildman–Crippen LogP) is 3.02. The Morgan fingerprint density at radius 1 is 1.17 bits per heavy atom. The zero-order chi connectivity index (χ0) is 16.9. The summed E-state index contributed by atoms with van der Waals surface area (Å²) in [5.41, 5.74) is 1.03. The lowest BCUT2D eigenvalue weighted by molar-refractivity contribution is -0.133. The molecule has 0 N–H and O–H groups in total. The van der Waals surface area contributed by atoms with Crippen molar-refractivity contribution >= 4 is 5.91 Å². The predicted molar refractivity (Wildman–Crippen MR) is 94.0 cm³/mol. The summed E-state index contributed by atoms with van der Waals surface area (Å²) in [5, 5.41) is 4.71. The number of benzene rings is 1. The van der Waals surface area contributed by atoms with E-state index in [2.05, 4.69) is 13.8 Å². The average Bonchev–Trinajstić information content (AvgIpc) is 2.97. The monoisotopic (exact) mass is 326 g/mol. The van der Waals surface area contributed by atoms with Gasteiger partial charge in [0, 0.05) is 32.4 Å². The van der Waals surface area contributed by atoms with Crippen LogP contribution in [-0.2, 0) is 17.6 Å². The van der Waals surface area contributed by atoms with Crippen LogP contribution in [0.5, 0.6) is 0 Å². The van der Waals surface area contributed by atoms with Gasteiger partial charge in [0.05, 0.1) is 5.69 Å². The van der Waals surface area contributed by atoms with Crippen LogP contribution in [0.25, 0.3) is 5.69 Å². The van der Waals surface area contributed by atoms with Gasteiger partial charge in [0.25, 0.3) is 0 Å². The molecule has 0 radical (unpaired) electrons. The Morgan fingerprint density at radius 3 is 2.67 bits per heavy atom.